The monoisotopic (exact) mass is 240 g/mol. The van der Waals surface area contributed by atoms with Gasteiger partial charge in [-0.25, -0.2) is 0 Å². The van der Waals surface area contributed by atoms with Crippen LogP contribution in [0.1, 0.15) is 32.1 Å². The smallest absolute Gasteiger partial charge is 0.239 e. The maximum atomic E-state index is 12.0. The van der Waals surface area contributed by atoms with Crippen LogP contribution in [0.4, 0.5) is 0 Å². The van der Waals surface area contributed by atoms with E-state index in [0.717, 1.165) is 32.3 Å². The van der Waals surface area contributed by atoms with Crippen LogP contribution in [0.5, 0.6) is 0 Å². The molecular weight excluding hydrogens is 220 g/mol. The Labute approximate surface area is 101 Å². The molecule has 0 spiro atoms. The Hall–Kier alpha value is -1.10. The highest BCUT2D eigenvalue weighted by atomic mass is 16.5. The van der Waals surface area contributed by atoms with Crippen molar-refractivity contribution in [3.8, 4) is 0 Å². The summed E-state index contributed by atoms with van der Waals surface area (Å²) >= 11 is 0. The molecule has 2 rings (SSSR count). The van der Waals surface area contributed by atoms with E-state index in [4.69, 9.17) is 4.74 Å². The van der Waals surface area contributed by atoms with Gasteiger partial charge < -0.3 is 15.0 Å². The lowest BCUT2D eigenvalue weighted by atomic mass is 10.1. The molecule has 96 valence electrons. The van der Waals surface area contributed by atoms with Crippen LogP contribution in [-0.4, -0.2) is 49.1 Å². The number of amides is 2. The van der Waals surface area contributed by atoms with Gasteiger partial charge in [0.15, 0.2) is 0 Å². The number of ether oxygens (including phenoxy) is 1. The molecule has 0 bridgehead atoms. The zero-order chi connectivity index (χ0) is 12.1. The third-order valence-corrected chi connectivity index (χ3v) is 3.29. The molecule has 0 saturated carbocycles. The lowest BCUT2D eigenvalue weighted by molar-refractivity contribution is -0.138. The SMILES string of the molecule is O=C1CN(C(=O)CC2CCCCO2)CCCN1. The summed E-state index contributed by atoms with van der Waals surface area (Å²) in [4.78, 5) is 25.0. The van der Waals surface area contributed by atoms with E-state index < -0.39 is 0 Å². The molecule has 1 N–H and O–H groups in total. The van der Waals surface area contributed by atoms with Crippen molar-refractivity contribution in [1.29, 1.82) is 0 Å². The van der Waals surface area contributed by atoms with Gasteiger partial charge in [-0.1, -0.05) is 0 Å². The second-order valence-corrected chi connectivity index (χ2v) is 4.71. The molecule has 1 unspecified atom stereocenters. The molecule has 17 heavy (non-hydrogen) atoms. The number of carbonyl (C=O) groups is 2. The van der Waals surface area contributed by atoms with E-state index in [0.29, 0.717) is 19.5 Å². The normalized spacial score (nSPS) is 26.2. The molecule has 2 amide bonds. The third kappa shape index (κ3) is 3.70. The lowest BCUT2D eigenvalue weighted by Gasteiger charge is -2.25. The molecular formula is C12H20N2O3. The summed E-state index contributed by atoms with van der Waals surface area (Å²) < 4.78 is 5.55. The molecule has 0 radical (unpaired) electrons. The summed E-state index contributed by atoms with van der Waals surface area (Å²) in [5.41, 5.74) is 0. The summed E-state index contributed by atoms with van der Waals surface area (Å²) in [6, 6.07) is 0. The minimum Gasteiger partial charge on any atom is -0.378 e. The quantitative estimate of drug-likeness (QED) is 0.755. The molecule has 0 aromatic carbocycles. The highest BCUT2D eigenvalue weighted by molar-refractivity contribution is 5.85. The molecule has 5 nitrogen and oxygen atoms in total. The van der Waals surface area contributed by atoms with Crippen LogP contribution < -0.4 is 5.32 Å². The summed E-state index contributed by atoms with van der Waals surface area (Å²) in [5.74, 6) is -0.00522. The molecule has 0 aromatic heterocycles. The van der Waals surface area contributed by atoms with Crippen molar-refractivity contribution in [2.24, 2.45) is 0 Å². The second kappa shape index (κ2) is 6.00. The van der Waals surface area contributed by atoms with Gasteiger partial charge in [-0.2, -0.15) is 0 Å². The van der Waals surface area contributed by atoms with Gasteiger partial charge in [0.25, 0.3) is 0 Å². The van der Waals surface area contributed by atoms with Crippen molar-refractivity contribution < 1.29 is 14.3 Å². The molecule has 2 heterocycles. The topological polar surface area (TPSA) is 58.6 Å². The first-order valence-electron chi connectivity index (χ1n) is 6.42. The second-order valence-electron chi connectivity index (χ2n) is 4.71. The molecule has 2 fully saturated rings. The number of nitrogens with one attached hydrogen (secondary N) is 1. The minimum absolute atomic E-state index is 0.0500. The Balaban J connectivity index is 1.82. The maximum absolute atomic E-state index is 12.0. The molecule has 5 heteroatoms. The average molecular weight is 240 g/mol. The van der Waals surface area contributed by atoms with Gasteiger partial charge >= 0.3 is 0 Å². The van der Waals surface area contributed by atoms with Crippen LogP contribution in [0.25, 0.3) is 0 Å². The van der Waals surface area contributed by atoms with Gasteiger partial charge in [0.2, 0.25) is 11.8 Å². The Bertz CT molecular complexity index is 287. The standard InChI is InChI=1S/C12H20N2O3/c15-11-9-14(6-3-5-13-11)12(16)8-10-4-1-2-7-17-10/h10H,1-9H2,(H,13,15). The fourth-order valence-corrected chi connectivity index (χ4v) is 2.31. The average Bonchev–Trinajstić information content (AvgIpc) is 2.55. The van der Waals surface area contributed by atoms with E-state index in [-0.39, 0.29) is 24.5 Å². The predicted octanol–water partition coefficient (Wildman–Crippen LogP) is 0.294. The van der Waals surface area contributed by atoms with E-state index in [9.17, 15) is 9.59 Å². The van der Waals surface area contributed by atoms with E-state index in [1.807, 2.05) is 0 Å². The van der Waals surface area contributed by atoms with E-state index in [2.05, 4.69) is 5.32 Å². The van der Waals surface area contributed by atoms with Crippen molar-refractivity contribution in [2.45, 2.75) is 38.2 Å². The van der Waals surface area contributed by atoms with Crippen molar-refractivity contribution in [3.63, 3.8) is 0 Å². The van der Waals surface area contributed by atoms with Crippen LogP contribution in [0.15, 0.2) is 0 Å². The van der Waals surface area contributed by atoms with Crippen LogP contribution in [0.3, 0.4) is 0 Å². The van der Waals surface area contributed by atoms with E-state index in [1.165, 1.54) is 0 Å². The minimum atomic E-state index is -0.0552. The highest BCUT2D eigenvalue weighted by Crippen LogP contribution is 2.16. The van der Waals surface area contributed by atoms with E-state index in [1.54, 1.807) is 4.90 Å². The summed E-state index contributed by atoms with van der Waals surface area (Å²) in [7, 11) is 0. The Kier molecular flexibility index (Phi) is 4.36. The fourth-order valence-electron chi connectivity index (χ4n) is 2.31. The zero-order valence-corrected chi connectivity index (χ0v) is 10.1. The van der Waals surface area contributed by atoms with Crippen molar-refractivity contribution in [3.05, 3.63) is 0 Å². The summed E-state index contributed by atoms with van der Waals surface area (Å²) in [6.45, 7) is 2.30. The first-order chi connectivity index (χ1) is 8.25. The van der Waals surface area contributed by atoms with Crippen LogP contribution in [0, 0.1) is 0 Å². The van der Waals surface area contributed by atoms with Gasteiger partial charge in [-0.15, -0.1) is 0 Å². The maximum Gasteiger partial charge on any atom is 0.239 e. The molecule has 1 atom stereocenters. The van der Waals surface area contributed by atoms with Crippen molar-refractivity contribution in [2.75, 3.05) is 26.2 Å². The van der Waals surface area contributed by atoms with Crippen LogP contribution in [-0.2, 0) is 14.3 Å². The third-order valence-electron chi connectivity index (χ3n) is 3.29. The van der Waals surface area contributed by atoms with Gasteiger partial charge in [0, 0.05) is 19.7 Å². The van der Waals surface area contributed by atoms with Gasteiger partial charge in [-0.3, -0.25) is 9.59 Å². The van der Waals surface area contributed by atoms with Crippen molar-refractivity contribution >= 4 is 11.8 Å². The first kappa shape index (κ1) is 12.4. The molecule has 2 aliphatic rings. The fraction of sp³-hybridized carbons (Fsp3) is 0.833. The predicted molar refractivity (Wildman–Crippen MR) is 62.4 cm³/mol. The van der Waals surface area contributed by atoms with Crippen LogP contribution >= 0.6 is 0 Å². The first-order valence-corrected chi connectivity index (χ1v) is 6.42. The molecule has 2 aliphatic heterocycles. The molecule has 2 saturated heterocycles. The van der Waals surface area contributed by atoms with Gasteiger partial charge in [0.1, 0.15) is 0 Å². The zero-order valence-electron chi connectivity index (χ0n) is 10.1. The van der Waals surface area contributed by atoms with Gasteiger partial charge in [0.05, 0.1) is 19.1 Å². The summed E-state index contributed by atoms with van der Waals surface area (Å²) in [5, 5.41) is 2.77. The molecule has 0 aromatic rings. The Morgan fingerprint density at radius 1 is 1.41 bits per heavy atom. The largest absolute Gasteiger partial charge is 0.378 e. The lowest BCUT2D eigenvalue weighted by Crippen LogP contribution is -2.39. The number of nitrogens with zero attached hydrogens (tertiary/aromatic N) is 1. The number of hydrogen-bond acceptors (Lipinski definition) is 3. The highest BCUT2D eigenvalue weighted by Gasteiger charge is 2.24. The van der Waals surface area contributed by atoms with Crippen LogP contribution in [0.2, 0.25) is 0 Å². The number of hydrogen-bond donors (Lipinski definition) is 1. The number of rotatable bonds is 2. The van der Waals surface area contributed by atoms with Gasteiger partial charge in [-0.05, 0) is 25.7 Å². The number of carbonyl (C=O) groups excluding carboxylic acids is 2. The Morgan fingerprint density at radius 3 is 3.06 bits per heavy atom. The van der Waals surface area contributed by atoms with E-state index >= 15 is 0 Å². The summed E-state index contributed by atoms with van der Waals surface area (Å²) in [6.07, 6.45) is 4.51. The molecule has 0 aliphatic carbocycles. The van der Waals surface area contributed by atoms with Crippen molar-refractivity contribution in [1.82, 2.24) is 10.2 Å². The Morgan fingerprint density at radius 2 is 2.29 bits per heavy atom.